The van der Waals surface area contributed by atoms with E-state index in [-0.39, 0.29) is 46.9 Å². The molecule has 64 heavy (non-hydrogen) atoms. The van der Waals surface area contributed by atoms with E-state index in [9.17, 15) is 19.2 Å². The number of rotatable bonds is 9. The van der Waals surface area contributed by atoms with Gasteiger partial charge in [0.05, 0.1) is 59.6 Å². The zero-order valence-electron chi connectivity index (χ0n) is 36.5. The van der Waals surface area contributed by atoms with Gasteiger partial charge in [0, 0.05) is 31.7 Å². The van der Waals surface area contributed by atoms with Gasteiger partial charge in [0.15, 0.2) is 0 Å². The van der Waals surface area contributed by atoms with Gasteiger partial charge in [-0.25, -0.2) is 19.6 Å². The van der Waals surface area contributed by atoms with Crippen LogP contribution in [0.2, 0.25) is 0 Å². The summed E-state index contributed by atoms with van der Waals surface area (Å²) in [7, 11) is 2.65. The number of aromatic nitrogens is 4. The molecule has 336 valence electrons. The number of aromatic amines is 2. The van der Waals surface area contributed by atoms with E-state index in [1.54, 1.807) is 0 Å². The van der Waals surface area contributed by atoms with Crippen LogP contribution >= 0.6 is 0 Å². The molecule has 2 aliphatic carbocycles. The van der Waals surface area contributed by atoms with Gasteiger partial charge in [-0.2, -0.15) is 0 Å². The molecule has 0 bridgehead atoms. The first-order valence-corrected chi connectivity index (χ1v) is 23.1. The largest absolute Gasteiger partial charge is 0.453 e. The molecule has 0 radical (unpaired) electrons. The Morgan fingerprint density at radius 2 is 1.23 bits per heavy atom. The van der Waals surface area contributed by atoms with E-state index in [2.05, 4.69) is 57.0 Å². The number of hydrogen-bond donors (Lipinski definition) is 4. The molecule has 4 aliphatic heterocycles. The van der Waals surface area contributed by atoms with Crippen LogP contribution in [0, 0.1) is 11.8 Å². The summed E-state index contributed by atoms with van der Waals surface area (Å²) >= 11 is 0. The zero-order valence-corrected chi connectivity index (χ0v) is 36.5. The van der Waals surface area contributed by atoms with Crippen LogP contribution in [0.3, 0.4) is 0 Å². The predicted octanol–water partition coefficient (Wildman–Crippen LogP) is 6.95. The Hall–Kier alpha value is -5.74. The molecular weight excluding hydrogens is 817 g/mol. The van der Waals surface area contributed by atoms with Crippen molar-refractivity contribution < 1.29 is 38.1 Å². The third-order valence-electron chi connectivity index (χ3n) is 15.1. The molecule has 16 heteroatoms. The standard InChI is InChI=1S/C48H56N8O8/c1-61-45(59)53-38(30-13-21-63-47(25-30)15-16-47)43(57)55-19-3-5-36(55)41-49-33-11-8-28(24-35(33)51-41)27-7-10-32-29(23-27)9-12-34-40(32)52-42(50-34)37-6-4-20-56(37)44(58)39(54-46(60)62-2)31-14-22-64-48(26-31)17-18-48/h7-12,23-24,30-31,36-39H,3-6,13-22,25-26H2,1-2H3,(H,49,51)(H,50,52)(H,53,59)(H,54,60)/t30?,31?,36-,37-,38?,39?/m0/s1. The molecule has 6 fully saturated rings. The highest BCUT2D eigenvalue weighted by Crippen LogP contribution is 2.50. The van der Waals surface area contributed by atoms with E-state index in [1.807, 2.05) is 21.9 Å². The summed E-state index contributed by atoms with van der Waals surface area (Å²) in [4.78, 5) is 74.8. The van der Waals surface area contributed by atoms with Crippen molar-refractivity contribution in [2.45, 2.75) is 112 Å². The molecule has 5 aromatic rings. The van der Waals surface area contributed by atoms with Crippen LogP contribution in [0.15, 0.2) is 48.5 Å². The predicted molar refractivity (Wildman–Crippen MR) is 236 cm³/mol. The maximum atomic E-state index is 14.4. The van der Waals surface area contributed by atoms with Gasteiger partial charge in [0.2, 0.25) is 11.8 Å². The number of methoxy groups -OCH3 is 2. The van der Waals surface area contributed by atoms with Gasteiger partial charge in [-0.05, 0) is 130 Å². The Balaban J connectivity index is 0.824. The van der Waals surface area contributed by atoms with Crippen LogP contribution < -0.4 is 10.6 Å². The zero-order chi connectivity index (χ0) is 43.7. The third kappa shape index (κ3) is 7.51. The molecule has 4 amide bonds. The molecular formula is C48H56N8O8. The quantitative estimate of drug-likeness (QED) is 0.120. The molecule has 16 nitrogen and oxygen atoms in total. The Labute approximate surface area is 370 Å². The van der Waals surface area contributed by atoms with Crippen LogP contribution in [0.4, 0.5) is 9.59 Å². The van der Waals surface area contributed by atoms with Crippen molar-refractivity contribution in [3.05, 3.63) is 60.2 Å². The summed E-state index contributed by atoms with van der Waals surface area (Å²) in [6.07, 6.45) is 8.90. The van der Waals surface area contributed by atoms with Gasteiger partial charge in [-0.3, -0.25) is 9.59 Å². The molecule has 6 heterocycles. The minimum atomic E-state index is -0.695. The number of fused-ring (bicyclic) bond motifs is 4. The molecule has 6 aliphatic rings. The van der Waals surface area contributed by atoms with Crippen LogP contribution in [-0.4, -0.2) is 118 Å². The highest BCUT2D eigenvalue weighted by molar-refractivity contribution is 6.05. The van der Waals surface area contributed by atoms with Gasteiger partial charge < -0.3 is 49.3 Å². The number of amides is 4. The van der Waals surface area contributed by atoms with Gasteiger partial charge in [0.1, 0.15) is 23.7 Å². The van der Waals surface area contributed by atoms with Crippen molar-refractivity contribution in [3.63, 3.8) is 0 Å². The first-order chi connectivity index (χ1) is 31.1. The van der Waals surface area contributed by atoms with Gasteiger partial charge in [-0.15, -0.1) is 0 Å². The summed E-state index contributed by atoms with van der Waals surface area (Å²) in [6, 6.07) is 14.9. The lowest BCUT2D eigenvalue weighted by Gasteiger charge is -2.37. The number of ether oxygens (including phenoxy) is 4. The number of carbonyl (C=O) groups excluding carboxylic acids is 4. The van der Waals surface area contributed by atoms with E-state index in [0.29, 0.717) is 39.1 Å². The maximum Gasteiger partial charge on any atom is 0.407 e. The fraction of sp³-hybridized carbons (Fsp3) is 0.542. The fourth-order valence-electron chi connectivity index (χ4n) is 11.3. The van der Waals surface area contributed by atoms with Crippen molar-refractivity contribution in [1.29, 1.82) is 0 Å². The van der Waals surface area contributed by atoms with Crippen LogP contribution in [0.1, 0.15) is 101 Å². The molecule has 3 aromatic carbocycles. The second kappa shape index (κ2) is 16.1. The van der Waals surface area contributed by atoms with Gasteiger partial charge in [0.25, 0.3) is 0 Å². The second-order valence-corrected chi connectivity index (χ2v) is 19.0. The highest BCUT2D eigenvalue weighted by Gasteiger charge is 2.53. The second-order valence-electron chi connectivity index (χ2n) is 19.0. The lowest BCUT2D eigenvalue weighted by atomic mass is 9.86. The summed E-state index contributed by atoms with van der Waals surface area (Å²) in [5, 5.41) is 7.83. The monoisotopic (exact) mass is 872 g/mol. The Morgan fingerprint density at radius 1 is 0.688 bits per heavy atom. The van der Waals surface area contributed by atoms with E-state index in [4.69, 9.17) is 28.9 Å². The van der Waals surface area contributed by atoms with Gasteiger partial charge >= 0.3 is 12.2 Å². The summed E-state index contributed by atoms with van der Waals surface area (Å²) in [5.74, 6) is 1.22. The molecule has 6 atom stereocenters. The molecule has 4 unspecified atom stereocenters. The number of imidazole rings is 2. The first kappa shape index (κ1) is 41.0. The minimum absolute atomic E-state index is 0.0304. The number of benzene rings is 3. The van der Waals surface area contributed by atoms with E-state index < -0.39 is 24.3 Å². The number of carbonyl (C=O) groups is 4. The fourth-order valence-corrected chi connectivity index (χ4v) is 11.3. The number of hydrogen-bond acceptors (Lipinski definition) is 10. The Morgan fingerprint density at radius 3 is 1.81 bits per heavy atom. The average Bonchev–Trinajstić information content (AvgIpc) is 3.83. The number of H-pyrrole nitrogens is 2. The Bertz CT molecular complexity index is 2650. The van der Waals surface area contributed by atoms with Crippen LogP contribution in [-0.2, 0) is 28.5 Å². The smallest absolute Gasteiger partial charge is 0.407 e. The molecule has 4 saturated heterocycles. The van der Waals surface area contributed by atoms with Crippen molar-refractivity contribution >= 4 is 56.8 Å². The van der Waals surface area contributed by atoms with Crippen molar-refractivity contribution in [2.24, 2.45) is 11.8 Å². The van der Waals surface area contributed by atoms with E-state index in [1.165, 1.54) is 14.2 Å². The van der Waals surface area contributed by atoms with Crippen LogP contribution in [0.25, 0.3) is 44.0 Å². The average molecular weight is 873 g/mol. The van der Waals surface area contributed by atoms with Crippen LogP contribution in [0.5, 0.6) is 0 Å². The molecule has 2 saturated carbocycles. The molecule has 2 aromatic heterocycles. The summed E-state index contributed by atoms with van der Waals surface area (Å²) in [5.41, 5.74) is 5.21. The topological polar surface area (TPSA) is 193 Å². The number of nitrogens with one attached hydrogen (secondary N) is 4. The minimum Gasteiger partial charge on any atom is -0.453 e. The summed E-state index contributed by atoms with van der Waals surface area (Å²) < 4.78 is 22.0. The van der Waals surface area contributed by atoms with Crippen molar-refractivity contribution in [3.8, 4) is 11.1 Å². The number of nitrogens with zero attached hydrogens (tertiary/aromatic N) is 4. The van der Waals surface area contributed by atoms with Gasteiger partial charge in [-0.1, -0.05) is 24.3 Å². The highest BCUT2D eigenvalue weighted by atomic mass is 16.5. The van der Waals surface area contributed by atoms with Crippen molar-refractivity contribution in [1.82, 2.24) is 40.4 Å². The Kier molecular flexibility index (Phi) is 10.3. The lowest BCUT2D eigenvalue weighted by molar-refractivity contribution is -0.138. The normalized spacial score (nSPS) is 25.5. The van der Waals surface area contributed by atoms with E-state index >= 15 is 0 Å². The lowest BCUT2D eigenvalue weighted by Crippen LogP contribution is -2.54. The third-order valence-corrected chi connectivity index (χ3v) is 15.1. The molecule has 4 N–H and O–H groups in total. The maximum absolute atomic E-state index is 14.4. The first-order valence-electron chi connectivity index (χ1n) is 23.1. The van der Waals surface area contributed by atoms with Crippen molar-refractivity contribution in [2.75, 3.05) is 40.5 Å². The van der Waals surface area contributed by atoms with E-state index in [0.717, 1.165) is 120 Å². The number of alkyl carbamates (subject to hydrolysis) is 2. The summed E-state index contributed by atoms with van der Waals surface area (Å²) in [6.45, 7) is 2.34. The number of likely N-dealkylation sites (tertiary alicyclic amines) is 2. The molecule has 11 rings (SSSR count). The molecule has 2 spiro atoms. The SMILES string of the molecule is COC(=O)NC(C(=O)N1CCC[C@H]1c1nc2ccc(-c3ccc4c(ccc5[nH]c([C@@H]6CCCN6C(=O)C(NC(=O)OC)C6CCOC7(CC7)C6)nc54)c3)cc2[nH]1)C1CCOC2(CC2)C1.